The third-order valence-corrected chi connectivity index (χ3v) is 2.34. The largest absolute Gasteiger partial charge is 0.388 e. The minimum atomic E-state index is -1.16. The zero-order valence-corrected chi connectivity index (χ0v) is 8.46. The molecular formula is C9H16OSi. The summed E-state index contributed by atoms with van der Waals surface area (Å²) in [5, 5.41) is 9.21. The predicted octanol–water partition coefficient (Wildman–Crippen LogP) is 1.80. The Morgan fingerprint density at radius 1 is 1.55 bits per heavy atom. The molecule has 1 atom stereocenters. The number of rotatable bonds is 3. The quantitative estimate of drug-likeness (QED) is 0.503. The van der Waals surface area contributed by atoms with Crippen LogP contribution in [-0.2, 0) is 0 Å². The second-order valence-corrected chi connectivity index (χ2v) is 8.77. The molecule has 1 N–H and O–H groups in total. The molecule has 0 saturated heterocycles. The molecule has 0 aliphatic rings. The van der Waals surface area contributed by atoms with Crippen LogP contribution in [0.2, 0.25) is 19.6 Å². The summed E-state index contributed by atoms with van der Waals surface area (Å²) in [5.74, 6) is 2.42. The van der Waals surface area contributed by atoms with E-state index < -0.39 is 14.2 Å². The van der Waals surface area contributed by atoms with Crippen molar-refractivity contribution in [2.75, 3.05) is 0 Å². The maximum atomic E-state index is 9.21. The molecule has 0 spiro atoms. The van der Waals surface area contributed by atoms with Crippen molar-refractivity contribution in [1.82, 2.24) is 0 Å². The number of hydrogen-bond acceptors (Lipinski definition) is 1. The topological polar surface area (TPSA) is 20.2 Å². The average molecular weight is 168 g/mol. The highest BCUT2D eigenvalue weighted by Gasteiger charge is 2.07. The van der Waals surface area contributed by atoms with Crippen LogP contribution in [0.15, 0.2) is 11.8 Å². The molecule has 0 rings (SSSR count). The Morgan fingerprint density at radius 2 is 2.09 bits per heavy atom. The minimum Gasteiger partial charge on any atom is -0.388 e. The summed E-state index contributed by atoms with van der Waals surface area (Å²) in [6.07, 6.45) is 6.81. The van der Waals surface area contributed by atoms with Gasteiger partial charge in [-0.25, -0.2) is 0 Å². The SMILES string of the molecule is C#CC[C@@H](O)/C=C/[Si](C)(C)C. The molecule has 62 valence electrons. The van der Waals surface area contributed by atoms with E-state index in [4.69, 9.17) is 6.42 Å². The number of aliphatic hydroxyl groups is 1. The summed E-state index contributed by atoms with van der Waals surface area (Å²) in [5.41, 5.74) is 2.11. The van der Waals surface area contributed by atoms with E-state index in [2.05, 4.69) is 31.3 Å². The predicted molar refractivity (Wildman–Crippen MR) is 51.9 cm³/mol. The molecule has 11 heavy (non-hydrogen) atoms. The molecule has 0 radical (unpaired) electrons. The van der Waals surface area contributed by atoms with Crippen LogP contribution in [-0.4, -0.2) is 19.3 Å². The number of aliphatic hydroxyl groups excluding tert-OH is 1. The summed E-state index contributed by atoms with van der Waals surface area (Å²) in [4.78, 5) is 0. The lowest BCUT2D eigenvalue weighted by Gasteiger charge is -2.09. The molecule has 0 saturated carbocycles. The van der Waals surface area contributed by atoms with Crippen LogP contribution >= 0.6 is 0 Å². The monoisotopic (exact) mass is 168 g/mol. The van der Waals surface area contributed by atoms with Crippen LogP contribution in [0.4, 0.5) is 0 Å². The second-order valence-electron chi connectivity index (χ2n) is 3.70. The van der Waals surface area contributed by atoms with Gasteiger partial charge in [-0.3, -0.25) is 0 Å². The van der Waals surface area contributed by atoms with Crippen LogP contribution in [0.5, 0.6) is 0 Å². The molecule has 0 aromatic heterocycles. The first kappa shape index (κ1) is 10.5. The highest BCUT2D eigenvalue weighted by molar-refractivity contribution is 6.80. The lowest BCUT2D eigenvalue weighted by molar-refractivity contribution is 0.229. The molecule has 0 bridgehead atoms. The molecule has 0 heterocycles. The lowest BCUT2D eigenvalue weighted by atomic mass is 10.3. The summed E-state index contributed by atoms with van der Waals surface area (Å²) in [6.45, 7) is 6.64. The average Bonchev–Trinajstić information content (AvgIpc) is 1.83. The Morgan fingerprint density at radius 3 is 2.45 bits per heavy atom. The minimum absolute atomic E-state index is 0.418. The van der Waals surface area contributed by atoms with Gasteiger partial charge in [0.25, 0.3) is 0 Å². The Labute approximate surface area is 70.1 Å². The van der Waals surface area contributed by atoms with Crippen molar-refractivity contribution in [3.05, 3.63) is 11.8 Å². The van der Waals surface area contributed by atoms with Crippen molar-refractivity contribution in [3.8, 4) is 12.3 Å². The van der Waals surface area contributed by atoms with Gasteiger partial charge in [-0.1, -0.05) is 31.4 Å². The van der Waals surface area contributed by atoms with Gasteiger partial charge >= 0.3 is 0 Å². The highest BCUT2D eigenvalue weighted by Crippen LogP contribution is 2.03. The first-order valence-electron chi connectivity index (χ1n) is 3.76. The van der Waals surface area contributed by atoms with Crippen molar-refractivity contribution in [2.24, 2.45) is 0 Å². The zero-order valence-electron chi connectivity index (χ0n) is 7.46. The number of terminal acetylenes is 1. The van der Waals surface area contributed by atoms with Gasteiger partial charge in [0.05, 0.1) is 14.2 Å². The molecular weight excluding hydrogens is 152 g/mol. The smallest absolute Gasteiger partial charge is 0.0826 e. The van der Waals surface area contributed by atoms with Gasteiger partial charge < -0.3 is 5.11 Å². The number of hydrogen-bond donors (Lipinski definition) is 1. The van der Waals surface area contributed by atoms with Crippen LogP contribution in [0.1, 0.15) is 6.42 Å². The van der Waals surface area contributed by atoms with Crippen molar-refractivity contribution in [1.29, 1.82) is 0 Å². The Bertz CT molecular complexity index is 171. The van der Waals surface area contributed by atoms with Crippen molar-refractivity contribution in [2.45, 2.75) is 32.2 Å². The maximum Gasteiger partial charge on any atom is 0.0826 e. The van der Waals surface area contributed by atoms with E-state index in [1.165, 1.54) is 0 Å². The Hall–Kier alpha value is -0.523. The maximum absolute atomic E-state index is 9.21. The Balaban J connectivity index is 3.85. The Kier molecular flexibility index (Phi) is 4.17. The molecule has 0 unspecified atom stereocenters. The van der Waals surface area contributed by atoms with Crippen molar-refractivity contribution < 1.29 is 5.11 Å². The molecule has 0 aromatic carbocycles. The van der Waals surface area contributed by atoms with E-state index in [1.54, 1.807) is 0 Å². The van der Waals surface area contributed by atoms with E-state index in [0.29, 0.717) is 6.42 Å². The van der Waals surface area contributed by atoms with Gasteiger partial charge in [0.15, 0.2) is 0 Å². The van der Waals surface area contributed by atoms with Crippen molar-refractivity contribution >= 4 is 8.07 Å². The standard InChI is InChI=1S/C9H16OSi/c1-5-6-9(10)7-8-11(2,3)4/h1,7-10H,6H2,2-4H3/b8-7+/t9-/m1/s1. The van der Waals surface area contributed by atoms with Gasteiger partial charge in [0.2, 0.25) is 0 Å². The first-order valence-corrected chi connectivity index (χ1v) is 7.34. The fourth-order valence-corrected chi connectivity index (χ4v) is 1.39. The van der Waals surface area contributed by atoms with E-state index in [1.807, 2.05) is 6.08 Å². The molecule has 2 heteroatoms. The molecule has 0 fully saturated rings. The summed E-state index contributed by atoms with van der Waals surface area (Å²) in [7, 11) is -1.16. The van der Waals surface area contributed by atoms with Crippen LogP contribution in [0, 0.1) is 12.3 Å². The second kappa shape index (κ2) is 4.37. The van der Waals surface area contributed by atoms with E-state index >= 15 is 0 Å². The molecule has 0 aliphatic heterocycles. The molecule has 1 nitrogen and oxygen atoms in total. The third kappa shape index (κ3) is 7.37. The van der Waals surface area contributed by atoms with Crippen LogP contribution < -0.4 is 0 Å². The van der Waals surface area contributed by atoms with Gasteiger partial charge in [-0.15, -0.1) is 12.3 Å². The normalized spacial score (nSPS) is 14.8. The summed E-state index contributed by atoms with van der Waals surface area (Å²) >= 11 is 0. The highest BCUT2D eigenvalue weighted by atomic mass is 28.3. The van der Waals surface area contributed by atoms with E-state index in [-0.39, 0.29) is 0 Å². The zero-order chi connectivity index (χ0) is 8.91. The van der Waals surface area contributed by atoms with Crippen LogP contribution in [0.25, 0.3) is 0 Å². The summed E-state index contributed by atoms with van der Waals surface area (Å²) < 4.78 is 0. The van der Waals surface area contributed by atoms with E-state index in [9.17, 15) is 5.11 Å². The van der Waals surface area contributed by atoms with Gasteiger partial charge in [-0.05, 0) is 0 Å². The van der Waals surface area contributed by atoms with Gasteiger partial charge in [-0.2, -0.15) is 0 Å². The van der Waals surface area contributed by atoms with Gasteiger partial charge in [0, 0.05) is 6.42 Å². The van der Waals surface area contributed by atoms with E-state index in [0.717, 1.165) is 0 Å². The lowest BCUT2D eigenvalue weighted by Crippen LogP contribution is -2.17. The third-order valence-electron chi connectivity index (χ3n) is 1.15. The van der Waals surface area contributed by atoms with Crippen molar-refractivity contribution in [3.63, 3.8) is 0 Å². The summed E-state index contributed by atoms with van der Waals surface area (Å²) in [6, 6.07) is 0. The molecule has 0 aliphatic carbocycles. The molecule has 0 aromatic rings. The van der Waals surface area contributed by atoms with Gasteiger partial charge in [0.1, 0.15) is 0 Å². The first-order chi connectivity index (χ1) is 4.95. The fourth-order valence-electron chi connectivity index (χ4n) is 0.589. The molecule has 0 amide bonds. The van der Waals surface area contributed by atoms with Crippen LogP contribution in [0.3, 0.4) is 0 Å². The fraction of sp³-hybridized carbons (Fsp3) is 0.556.